The van der Waals surface area contributed by atoms with Gasteiger partial charge in [0.15, 0.2) is 0 Å². The van der Waals surface area contributed by atoms with Crippen LogP contribution in [0.5, 0.6) is 0 Å². The maximum atomic E-state index is 11.7. The summed E-state index contributed by atoms with van der Waals surface area (Å²) in [7, 11) is 0. The first kappa shape index (κ1) is 11.2. The number of nitrogens with zero attached hydrogens (tertiary/aromatic N) is 1. The van der Waals surface area contributed by atoms with Crippen LogP contribution < -0.4 is 5.32 Å². The highest BCUT2D eigenvalue weighted by molar-refractivity contribution is 5.88. The molecule has 2 atom stereocenters. The number of nitrogens with one attached hydrogen (secondary N) is 1. The third-order valence-electron chi connectivity index (χ3n) is 2.28. The SMILES string of the molecule is CC(C)=CC(=O)N1C[C@@H](C)N[C@@H](C)C1. The Morgan fingerprint density at radius 1 is 1.29 bits per heavy atom. The molecule has 0 aliphatic carbocycles. The summed E-state index contributed by atoms with van der Waals surface area (Å²) in [6, 6.07) is 0.793. The maximum Gasteiger partial charge on any atom is 0.246 e. The van der Waals surface area contributed by atoms with Crippen LogP contribution >= 0.6 is 0 Å². The van der Waals surface area contributed by atoms with Crippen LogP contribution in [0.3, 0.4) is 0 Å². The molecule has 3 nitrogen and oxygen atoms in total. The smallest absolute Gasteiger partial charge is 0.246 e. The predicted octanol–water partition coefficient (Wildman–Crippen LogP) is 1.16. The highest BCUT2D eigenvalue weighted by Crippen LogP contribution is 2.05. The molecular formula is C11H20N2O. The zero-order valence-electron chi connectivity index (χ0n) is 9.50. The van der Waals surface area contributed by atoms with Crippen molar-refractivity contribution in [1.82, 2.24) is 10.2 Å². The highest BCUT2D eigenvalue weighted by atomic mass is 16.2. The monoisotopic (exact) mass is 196 g/mol. The summed E-state index contributed by atoms with van der Waals surface area (Å²) in [5, 5.41) is 3.40. The Hall–Kier alpha value is -0.830. The Bertz CT molecular complexity index is 234. The topological polar surface area (TPSA) is 32.3 Å². The molecule has 1 saturated heterocycles. The van der Waals surface area contributed by atoms with Gasteiger partial charge in [-0.3, -0.25) is 4.79 Å². The quantitative estimate of drug-likeness (QED) is 0.638. The van der Waals surface area contributed by atoms with E-state index in [-0.39, 0.29) is 5.91 Å². The minimum absolute atomic E-state index is 0.144. The Balaban J connectivity index is 2.59. The van der Waals surface area contributed by atoms with Gasteiger partial charge in [-0.1, -0.05) is 5.57 Å². The summed E-state index contributed by atoms with van der Waals surface area (Å²) in [4.78, 5) is 13.6. The molecule has 1 amide bonds. The van der Waals surface area contributed by atoms with E-state index in [4.69, 9.17) is 0 Å². The summed E-state index contributed by atoms with van der Waals surface area (Å²) < 4.78 is 0. The second kappa shape index (κ2) is 4.60. The molecule has 0 unspecified atom stereocenters. The number of carbonyl (C=O) groups excluding carboxylic acids is 1. The Morgan fingerprint density at radius 3 is 2.21 bits per heavy atom. The molecule has 0 aromatic carbocycles. The summed E-state index contributed by atoms with van der Waals surface area (Å²) in [5.74, 6) is 0.144. The van der Waals surface area contributed by atoms with Gasteiger partial charge in [0.1, 0.15) is 0 Å². The number of rotatable bonds is 1. The standard InChI is InChI=1S/C11H20N2O/c1-8(2)5-11(14)13-6-9(3)12-10(4)7-13/h5,9-10,12H,6-7H2,1-4H3/t9-,10+. The van der Waals surface area contributed by atoms with E-state index >= 15 is 0 Å². The van der Waals surface area contributed by atoms with Gasteiger partial charge in [-0.05, 0) is 27.7 Å². The van der Waals surface area contributed by atoms with Crippen LogP contribution in [0.2, 0.25) is 0 Å². The molecule has 0 saturated carbocycles. The minimum Gasteiger partial charge on any atom is -0.336 e. The third-order valence-corrected chi connectivity index (χ3v) is 2.28. The van der Waals surface area contributed by atoms with Crippen molar-refractivity contribution in [3.8, 4) is 0 Å². The summed E-state index contributed by atoms with van der Waals surface area (Å²) in [6.07, 6.45) is 1.71. The van der Waals surface area contributed by atoms with Crippen LogP contribution in [-0.2, 0) is 4.79 Å². The normalized spacial score (nSPS) is 27.3. The van der Waals surface area contributed by atoms with Crippen molar-refractivity contribution >= 4 is 5.91 Å². The number of amides is 1. The van der Waals surface area contributed by atoms with Gasteiger partial charge < -0.3 is 10.2 Å². The summed E-state index contributed by atoms with van der Waals surface area (Å²) in [5.41, 5.74) is 1.06. The number of allylic oxidation sites excluding steroid dienone is 1. The van der Waals surface area contributed by atoms with Crippen LogP contribution in [0.1, 0.15) is 27.7 Å². The van der Waals surface area contributed by atoms with Crippen LogP contribution in [0.4, 0.5) is 0 Å². The lowest BCUT2D eigenvalue weighted by atomic mass is 10.1. The first-order valence-electron chi connectivity index (χ1n) is 5.19. The average molecular weight is 196 g/mol. The highest BCUT2D eigenvalue weighted by Gasteiger charge is 2.23. The Kier molecular flexibility index (Phi) is 3.69. The van der Waals surface area contributed by atoms with Crippen molar-refractivity contribution in [2.75, 3.05) is 13.1 Å². The molecule has 0 aromatic heterocycles. The van der Waals surface area contributed by atoms with Crippen molar-refractivity contribution in [3.05, 3.63) is 11.6 Å². The number of carbonyl (C=O) groups is 1. The Morgan fingerprint density at radius 2 is 1.79 bits per heavy atom. The van der Waals surface area contributed by atoms with Crippen molar-refractivity contribution in [2.45, 2.75) is 39.8 Å². The lowest BCUT2D eigenvalue weighted by molar-refractivity contribution is -0.127. The second-order valence-corrected chi connectivity index (χ2v) is 4.43. The number of piperazine rings is 1. The molecule has 0 spiro atoms. The minimum atomic E-state index is 0.144. The molecular weight excluding hydrogens is 176 g/mol. The largest absolute Gasteiger partial charge is 0.336 e. The molecule has 80 valence electrons. The second-order valence-electron chi connectivity index (χ2n) is 4.43. The molecule has 1 aliphatic rings. The van der Waals surface area contributed by atoms with Gasteiger partial charge in [-0.2, -0.15) is 0 Å². The van der Waals surface area contributed by atoms with Crippen molar-refractivity contribution < 1.29 is 4.79 Å². The van der Waals surface area contributed by atoms with E-state index in [0.29, 0.717) is 12.1 Å². The predicted molar refractivity (Wildman–Crippen MR) is 58.1 cm³/mol. The van der Waals surface area contributed by atoms with E-state index in [1.807, 2.05) is 18.7 Å². The van der Waals surface area contributed by atoms with E-state index in [1.54, 1.807) is 6.08 Å². The molecule has 1 aliphatic heterocycles. The van der Waals surface area contributed by atoms with Gasteiger partial charge in [0.25, 0.3) is 0 Å². The fraction of sp³-hybridized carbons (Fsp3) is 0.727. The molecule has 1 N–H and O–H groups in total. The zero-order chi connectivity index (χ0) is 10.7. The summed E-state index contributed by atoms with van der Waals surface area (Å²) in [6.45, 7) is 9.75. The maximum absolute atomic E-state index is 11.7. The van der Waals surface area contributed by atoms with Crippen LogP contribution in [0.15, 0.2) is 11.6 Å². The molecule has 0 bridgehead atoms. The van der Waals surface area contributed by atoms with Crippen molar-refractivity contribution in [3.63, 3.8) is 0 Å². The summed E-state index contributed by atoms with van der Waals surface area (Å²) >= 11 is 0. The van der Waals surface area contributed by atoms with Crippen LogP contribution in [0, 0.1) is 0 Å². The van der Waals surface area contributed by atoms with Crippen molar-refractivity contribution in [2.24, 2.45) is 0 Å². The molecule has 1 rings (SSSR count). The number of hydrogen-bond acceptors (Lipinski definition) is 2. The lowest BCUT2D eigenvalue weighted by Crippen LogP contribution is -2.55. The third kappa shape index (κ3) is 3.14. The fourth-order valence-corrected chi connectivity index (χ4v) is 1.84. The fourth-order valence-electron chi connectivity index (χ4n) is 1.84. The van der Waals surface area contributed by atoms with E-state index in [1.165, 1.54) is 0 Å². The van der Waals surface area contributed by atoms with Crippen LogP contribution in [-0.4, -0.2) is 36.0 Å². The van der Waals surface area contributed by atoms with Gasteiger partial charge in [0.2, 0.25) is 5.91 Å². The molecule has 3 heteroatoms. The molecule has 14 heavy (non-hydrogen) atoms. The van der Waals surface area contributed by atoms with Crippen molar-refractivity contribution in [1.29, 1.82) is 0 Å². The van der Waals surface area contributed by atoms with Gasteiger partial charge in [-0.25, -0.2) is 0 Å². The number of hydrogen-bond donors (Lipinski definition) is 1. The Labute approximate surface area is 86.2 Å². The van der Waals surface area contributed by atoms with Crippen LogP contribution in [0.25, 0.3) is 0 Å². The van der Waals surface area contributed by atoms with E-state index in [0.717, 1.165) is 18.7 Å². The van der Waals surface area contributed by atoms with Gasteiger partial charge in [0.05, 0.1) is 0 Å². The van der Waals surface area contributed by atoms with Gasteiger partial charge in [-0.15, -0.1) is 0 Å². The van der Waals surface area contributed by atoms with E-state index < -0.39 is 0 Å². The first-order valence-corrected chi connectivity index (χ1v) is 5.19. The average Bonchev–Trinajstić information content (AvgIpc) is 2.00. The lowest BCUT2D eigenvalue weighted by Gasteiger charge is -2.35. The van der Waals surface area contributed by atoms with Gasteiger partial charge in [0, 0.05) is 31.2 Å². The molecule has 1 heterocycles. The molecule has 0 radical (unpaired) electrons. The molecule has 0 aromatic rings. The van der Waals surface area contributed by atoms with E-state index in [2.05, 4.69) is 19.2 Å². The first-order chi connectivity index (χ1) is 6.49. The van der Waals surface area contributed by atoms with E-state index in [9.17, 15) is 4.79 Å². The zero-order valence-corrected chi connectivity index (χ0v) is 9.50. The van der Waals surface area contributed by atoms with Gasteiger partial charge >= 0.3 is 0 Å². The molecule has 1 fully saturated rings.